The molecule has 0 aromatic heterocycles. The molecule has 0 saturated carbocycles. The van der Waals surface area contributed by atoms with Gasteiger partial charge in [0, 0.05) is 37.7 Å². The van der Waals surface area contributed by atoms with Crippen molar-refractivity contribution in [3.63, 3.8) is 0 Å². The molecule has 0 unspecified atom stereocenters. The van der Waals surface area contributed by atoms with Crippen LogP contribution in [0, 0.1) is 0 Å². The molecule has 1 N–H and O–H groups in total. The van der Waals surface area contributed by atoms with Crippen molar-refractivity contribution in [2.75, 3.05) is 39.3 Å². The van der Waals surface area contributed by atoms with Crippen LogP contribution in [0.3, 0.4) is 0 Å². The number of ether oxygens (including phenoxy) is 1. The number of halogens is 1. The van der Waals surface area contributed by atoms with Crippen LogP contribution in [0.1, 0.15) is 12.5 Å². The monoisotopic (exact) mass is 367 g/mol. The van der Waals surface area contributed by atoms with E-state index < -0.39 is 11.8 Å². The van der Waals surface area contributed by atoms with E-state index in [0.29, 0.717) is 50.8 Å². The Hall–Kier alpha value is -2.28. The summed E-state index contributed by atoms with van der Waals surface area (Å²) in [5.74, 6) is -1.20. The van der Waals surface area contributed by atoms with E-state index in [1.54, 1.807) is 19.1 Å². The Morgan fingerprint density at radius 2 is 1.68 bits per heavy atom. The predicted octanol–water partition coefficient (Wildman–Crippen LogP) is 1.30. The molecule has 2 rings (SSSR count). The highest BCUT2D eigenvalue weighted by molar-refractivity contribution is 6.35. The third-order valence-corrected chi connectivity index (χ3v) is 4.15. The minimum atomic E-state index is -0.626. The summed E-state index contributed by atoms with van der Waals surface area (Å²) in [7, 11) is 0. The van der Waals surface area contributed by atoms with Crippen LogP contribution in [-0.2, 0) is 20.7 Å². The van der Waals surface area contributed by atoms with E-state index in [2.05, 4.69) is 5.32 Å². The quantitative estimate of drug-likeness (QED) is 0.813. The summed E-state index contributed by atoms with van der Waals surface area (Å²) < 4.78 is 4.92. The summed E-state index contributed by atoms with van der Waals surface area (Å²) in [6.45, 7) is 3.80. The number of piperazine rings is 1. The van der Waals surface area contributed by atoms with Crippen LogP contribution in [0.2, 0.25) is 5.02 Å². The number of hydrogen-bond acceptors (Lipinski definition) is 4. The largest absolute Gasteiger partial charge is 0.450 e. The normalized spacial score (nSPS) is 14.2. The van der Waals surface area contributed by atoms with Gasteiger partial charge in [0.05, 0.1) is 6.61 Å². The fourth-order valence-electron chi connectivity index (χ4n) is 2.50. The van der Waals surface area contributed by atoms with E-state index in [-0.39, 0.29) is 6.09 Å². The summed E-state index contributed by atoms with van der Waals surface area (Å²) >= 11 is 5.82. The molecular weight excluding hydrogens is 346 g/mol. The van der Waals surface area contributed by atoms with Gasteiger partial charge in [0.1, 0.15) is 0 Å². The maximum Gasteiger partial charge on any atom is 0.409 e. The number of hydrogen-bond donors (Lipinski definition) is 1. The minimum absolute atomic E-state index is 0.313. The lowest BCUT2D eigenvalue weighted by Crippen LogP contribution is -2.54. The van der Waals surface area contributed by atoms with E-state index in [0.717, 1.165) is 5.56 Å². The van der Waals surface area contributed by atoms with Gasteiger partial charge in [-0.05, 0) is 31.0 Å². The van der Waals surface area contributed by atoms with Crippen LogP contribution in [0.5, 0.6) is 0 Å². The van der Waals surface area contributed by atoms with Crippen molar-refractivity contribution in [1.82, 2.24) is 15.1 Å². The minimum Gasteiger partial charge on any atom is -0.450 e. The average molecular weight is 368 g/mol. The van der Waals surface area contributed by atoms with Crippen molar-refractivity contribution in [3.8, 4) is 0 Å². The molecular formula is C17H22ClN3O4. The van der Waals surface area contributed by atoms with Crippen LogP contribution in [0.4, 0.5) is 4.79 Å². The molecule has 0 radical (unpaired) electrons. The molecule has 1 aromatic carbocycles. The number of rotatable bonds is 4. The molecule has 8 heteroatoms. The lowest BCUT2D eigenvalue weighted by atomic mass is 10.1. The van der Waals surface area contributed by atoms with Crippen LogP contribution < -0.4 is 5.32 Å². The molecule has 1 fully saturated rings. The SMILES string of the molecule is CCOC(=O)N1CCN(C(=O)C(=O)NCCc2ccc(Cl)cc2)CC1. The Balaban J connectivity index is 1.72. The third kappa shape index (κ3) is 5.63. The molecule has 0 spiro atoms. The smallest absolute Gasteiger partial charge is 0.409 e. The second kappa shape index (κ2) is 9.27. The molecule has 0 atom stereocenters. The fraction of sp³-hybridized carbons (Fsp3) is 0.471. The van der Waals surface area contributed by atoms with Gasteiger partial charge in [-0.15, -0.1) is 0 Å². The number of nitrogens with one attached hydrogen (secondary N) is 1. The van der Waals surface area contributed by atoms with Crippen molar-refractivity contribution < 1.29 is 19.1 Å². The topological polar surface area (TPSA) is 79.0 Å². The number of benzene rings is 1. The molecule has 0 bridgehead atoms. The molecule has 1 aliphatic rings. The summed E-state index contributed by atoms with van der Waals surface area (Å²) in [4.78, 5) is 38.7. The highest BCUT2D eigenvalue weighted by Crippen LogP contribution is 2.09. The Labute approximate surface area is 151 Å². The van der Waals surface area contributed by atoms with Crippen molar-refractivity contribution in [3.05, 3.63) is 34.9 Å². The number of amides is 3. The standard InChI is InChI=1S/C17H22ClN3O4/c1-2-25-17(24)21-11-9-20(10-12-21)16(23)15(22)19-8-7-13-3-5-14(18)6-4-13/h3-6H,2,7-12H2,1H3,(H,19,22). The average Bonchev–Trinajstić information content (AvgIpc) is 2.63. The van der Waals surface area contributed by atoms with Gasteiger partial charge in [-0.2, -0.15) is 0 Å². The van der Waals surface area contributed by atoms with Gasteiger partial charge in [-0.25, -0.2) is 4.79 Å². The van der Waals surface area contributed by atoms with Gasteiger partial charge in [-0.3, -0.25) is 9.59 Å². The highest BCUT2D eigenvalue weighted by atomic mass is 35.5. The van der Waals surface area contributed by atoms with Gasteiger partial charge in [0.15, 0.2) is 0 Å². The number of carbonyl (C=O) groups is 3. The van der Waals surface area contributed by atoms with Gasteiger partial charge < -0.3 is 19.9 Å². The van der Waals surface area contributed by atoms with Gasteiger partial charge >= 0.3 is 17.9 Å². The van der Waals surface area contributed by atoms with Crippen LogP contribution >= 0.6 is 11.6 Å². The Morgan fingerprint density at radius 3 is 2.28 bits per heavy atom. The van der Waals surface area contributed by atoms with E-state index in [1.165, 1.54) is 9.80 Å². The van der Waals surface area contributed by atoms with Gasteiger partial charge in [0.2, 0.25) is 0 Å². The molecule has 1 aromatic rings. The lowest BCUT2D eigenvalue weighted by Gasteiger charge is -2.33. The molecule has 1 aliphatic heterocycles. The second-order valence-corrected chi connectivity index (χ2v) is 6.05. The van der Waals surface area contributed by atoms with E-state index >= 15 is 0 Å². The summed E-state index contributed by atoms with van der Waals surface area (Å²) in [6, 6.07) is 7.33. The maximum absolute atomic E-state index is 12.1. The van der Waals surface area contributed by atoms with E-state index in [4.69, 9.17) is 16.3 Å². The molecule has 1 saturated heterocycles. The molecule has 3 amide bonds. The summed E-state index contributed by atoms with van der Waals surface area (Å²) in [5, 5.41) is 3.29. The van der Waals surface area contributed by atoms with Crippen molar-refractivity contribution in [2.45, 2.75) is 13.3 Å². The lowest BCUT2D eigenvalue weighted by molar-refractivity contribution is -0.146. The zero-order valence-electron chi connectivity index (χ0n) is 14.2. The van der Waals surface area contributed by atoms with Crippen LogP contribution in [-0.4, -0.2) is 67.0 Å². The molecule has 136 valence electrons. The molecule has 25 heavy (non-hydrogen) atoms. The van der Waals surface area contributed by atoms with Crippen LogP contribution in [0.15, 0.2) is 24.3 Å². The molecule has 0 aliphatic carbocycles. The van der Waals surface area contributed by atoms with Crippen LogP contribution in [0.25, 0.3) is 0 Å². The number of carbonyl (C=O) groups excluding carboxylic acids is 3. The van der Waals surface area contributed by atoms with E-state index in [9.17, 15) is 14.4 Å². The highest BCUT2D eigenvalue weighted by Gasteiger charge is 2.28. The zero-order chi connectivity index (χ0) is 18.2. The zero-order valence-corrected chi connectivity index (χ0v) is 14.9. The fourth-order valence-corrected chi connectivity index (χ4v) is 2.62. The summed E-state index contributed by atoms with van der Waals surface area (Å²) in [6.07, 6.45) is 0.231. The predicted molar refractivity (Wildman–Crippen MR) is 93.3 cm³/mol. The first-order valence-electron chi connectivity index (χ1n) is 8.24. The Bertz CT molecular complexity index is 613. The summed E-state index contributed by atoms with van der Waals surface area (Å²) in [5.41, 5.74) is 1.03. The Morgan fingerprint density at radius 1 is 1.08 bits per heavy atom. The van der Waals surface area contributed by atoms with Crippen molar-refractivity contribution in [2.24, 2.45) is 0 Å². The van der Waals surface area contributed by atoms with Crippen molar-refractivity contribution >= 4 is 29.5 Å². The Kier molecular flexibility index (Phi) is 7.06. The van der Waals surface area contributed by atoms with E-state index in [1.807, 2.05) is 12.1 Å². The maximum atomic E-state index is 12.1. The first-order valence-corrected chi connectivity index (χ1v) is 8.62. The molecule has 1 heterocycles. The number of nitrogens with zero attached hydrogens (tertiary/aromatic N) is 2. The van der Waals surface area contributed by atoms with Gasteiger partial charge in [-0.1, -0.05) is 23.7 Å². The van der Waals surface area contributed by atoms with Crippen molar-refractivity contribution in [1.29, 1.82) is 0 Å². The second-order valence-electron chi connectivity index (χ2n) is 5.61. The van der Waals surface area contributed by atoms with Gasteiger partial charge in [0.25, 0.3) is 0 Å². The first kappa shape index (κ1) is 19.1. The first-order chi connectivity index (χ1) is 12.0. The molecule has 7 nitrogen and oxygen atoms in total. The third-order valence-electron chi connectivity index (χ3n) is 3.90.